The molecule has 45 heavy (non-hydrogen) atoms. The average Bonchev–Trinajstić information content (AvgIpc) is 3.09. The molecule has 0 fully saturated rings. The standard InChI is InChI=1S/C41H52O4/c1-2-3-4-5-6-7-8-9-10-11-12-13-14-15-25-32-36(42)37(39(43)33-26-19-16-20-27-33)38(40(44)34-28-21-17-22-29-34)41(45)35-30-23-18-24-31-35/h16-24,26-31,37-38H,2-15,25,32H2,1H3. The summed E-state index contributed by atoms with van der Waals surface area (Å²) in [6.45, 7) is 2.26. The fourth-order valence-electron chi connectivity index (χ4n) is 6.08. The number of hydrogen-bond acceptors (Lipinski definition) is 4. The molecule has 3 aromatic rings. The van der Waals surface area contributed by atoms with Gasteiger partial charge in [0.05, 0.1) is 5.92 Å². The Balaban J connectivity index is 1.59. The second-order valence-electron chi connectivity index (χ2n) is 12.3. The van der Waals surface area contributed by atoms with Gasteiger partial charge in [0.15, 0.2) is 17.3 Å². The molecule has 3 aromatic carbocycles. The molecular formula is C41H52O4. The number of ketones is 4. The van der Waals surface area contributed by atoms with Gasteiger partial charge in [-0.1, -0.05) is 188 Å². The van der Waals surface area contributed by atoms with E-state index in [-0.39, 0.29) is 12.2 Å². The Morgan fingerprint density at radius 2 is 0.689 bits per heavy atom. The van der Waals surface area contributed by atoms with Crippen molar-refractivity contribution in [3.8, 4) is 0 Å². The zero-order chi connectivity index (χ0) is 32.1. The molecule has 0 bridgehead atoms. The van der Waals surface area contributed by atoms with Crippen LogP contribution in [0.2, 0.25) is 0 Å². The third kappa shape index (κ3) is 12.3. The molecule has 1 atom stereocenters. The van der Waals surface area contributed by atoms with Crippen molar-refractivity contribution in [2.45, 2.75) is 110 Å². The van der Waals surface area contributed by atoms with Gasteiger partial charge in [-0.3, -0.25) is 19.2 Å². The van der Waals surface area contributed by atoms with Crippen molar-refractivity contribution in [3.05, 3.63) is 108 Å². The Bertz CT molecular complexity index is 1230. The SMILES string of the molecule is CCCCCCCCCCCCCCCCCC(=O)C(C(=O)c1ccccc1)C(C(=O)c1ccccc1)C(=O)c1ccccc1. The number of unbranched alkanes of at least 4 members (excludes halogenated alkanes) is 14. The van der Waals surface area contributed by atoms with Crippen molar-refractivity contribution < 1.29 is 19.2 Å². The summed E-state index contributed by atoms with van der Waals surface area (Å²) in [5, 5.41) is 0. The highest BCUT2D eigenvalue weighted by molar-refractivity contribution is 6.24. The summed E-state index contributed by atoms with van der Waals surface area (Å²) in [7, 11) is 0. The van der Waals surface area contributed by atoms with Crippen LogP contribution >= 0.6 is 0 Å². The zero-order valence-electron chi connectivity index (χ0n) is 27.3. The summed E-state index contributed by atoms with van der Waals surface area (Å²) in [5.74, 6) is -4.60. The van der Waals surface area contributed by atoms with E-state index in [0.717, 1.165) is 19.3 Å². The van der Waals surface area contributed by atoms with Crippen molar-refractivity contribution in [1.29, 1.82) is 0 Å². The predicted octanol–water partition coefficient (Wildman–Crippen LogP) is 10.7. The summed E-state index contributed by atoms with van der Waals surface area (Å²) in [4.78, 5) is 55.7. The van der Waals surface area contributed by atoms with Gasteiger partial charge in [-0.25, -0.2) is 0 Å². The van der Waals surface area contributed by atoms with Crippen LogP contribution in [0.4, 0.5) is 0 Å². The number of carbonyl (C=O) groups is 4. The summed E-state index contributed by atoms with van der Waals surface area (Å²) in [5.41, 5.74) is 0.967. The van der Waals surface area contributed by atoms with Gasteiger partial charge in [0.25, 0.3) is 0 Å². The Hall–Kier alpha value is -3.66. The number of Topliss-reactive ketones (excluding diaryl/α,β-unsaturated/α-hetero) is 4. The van der Waals surface area contributed by atoms with Crippen molar-refractivity contribution in [2.24, 2.45) is 11.8 Å². The highest BCUT2D eigenvalue weighted by Gasteiger charge is 2.43. The van der Waals surface area contributed by atoms with Gasteiger partial charge in [0.1, 0.15) is 11.7 Å². The van der Waals surface area contributed by atoms with E-state index in [4.69, 9.17) is 0 Å². The van der Waals surface area contributed by atoms with Gasteiger partial charge in [-0.15, -0.1) is 0 Å². The smallest absolute Gasteiger partial charge is 0.174 e. The quantitative estimate of drug-likeness (QED) is 0.0576. The van der Waals surface area contributed by atoms with Gasteiger partial charge in [-0.05, 0) is 6.42 Å². The fraction of sp³-hybridized carbons (Fsp3) is 0.463. The van der Waals surface area contributed by atoms with Gasteiger partial charge < -0.3 is 0 Å². The second kappa shape index (κ2) is 21.1. The lowest BCUT2D eigenvalue weighted by atomic mass is 9.74. The molecule has 3 rings (SSSR count). The number of hydrogen-bond donors (Lipinski definition) is 0. The largest absolute Gasteiger partial charge is 0.299 e. The Kier molecular flexibility index (Phi) is 16.8. The lowest BCUT2D eigenvalue weighted by molar-refractivity contribution is -0.122. The highest BCUT2D eigenvalue weighted by Crippen LogP contribution is 2.29. The van der Waals surface area contributed by atoms with Crippen molar-refractivity contribution >= 4 is 23.1 Å². The summed E-state index contributed by atoms with van der Waals surface area (Å²) in [6.07, 6.45) is 18.5. The minimum atomic E-state index is -1.42. The molecule has 0 aliphatic heterocycles. The third-order valence-electron chi connectivity index (χ3n) is 8.73. The van der Waals surface area contributed by atoms with E-state index < -0.39 is 29.2 Å². The predicted molar refractivity (Wildman–Crippen MR) is 184 cm³/mol. The van der Waals surface area contributed by atoms with Crippen molar-refractivity contribution in [3.63, 3.8) is 0 Å². The van der Waals surface area contributed by atoms with Crippen molar-refractivity contribution in [1.82, 2.24) is 0 Å². The molecule has 0 N–H and O–H groups in total. The van der Waals surface area contributed by atoms with E-state index in [0.29, 0.717) is 23.1 Å². The molecule has 0 aliphatic rings. The van der Waals surface area contributed by atoms with Gasteiger partial charge in [0.2, 0.25) is 0 Å². The van der Waals surface area contributed by atoms with E-state index in [9.17, 15) is 19.2 Å². The monoisotopic (exact) mass is 608 g/mol. The van der Waals surface area contributed by atoms with Crippen LogP contribution in [0.3, 0.4) is 0 Å². The maximum atomic E-state index is 13.9. The van der Waals surface area contributed by atoms with Gasteiger partial charge in [-0.2, -0.15) is 0 Å². The summed E-state index contributed by atoms with van der Waals surface area (Å²) < 4.78 is 0. The van der Waals surface area contributed by atoms with E-state index in [1.807, 2.05) is 0 Å². The van der Waals surface area contributed by atoms with Crippen LogP contribution < -0.4 is 0 Å². The first-order chi connectivity index (χ1) is 22.0. The molecule has 240 valence electrons. The molecule has 0 spiro atoms. The van der Waals surface area contributed by atoms with Crippen LogP contribution in [0.25, 0.3) is 0 Å². The maximum Gasteiger partial charge on any atom is 0.174 e. The van der Waals surface area contributed by atoms with E-state index in [1.165, 1.54) is 70.6 Å². The molecule has 0 radical (unpaired) electrons. The molecule has 0 aromatic heterocycles. The third-order valence-corrected chi connectivity index (χ3v) is 8.73. The Labute approximate surface area is 271 Å². The second-order valence-corrected chi connectivity index (χ2v) is 12.3. The van der Waals surface area contributed by atoms with Crippen molar-refractivity contribution in [2.75, 3.05) is 0 Å². The minimum absolute atomic E-state index is 0.169. The zero-order valence-corrected chi connectivity index (χ0v) is 27.3. The molecule has 4 nitrogen and oxygen atoms in total. The number of rotatable bonds is 24. The van der Waals surface area contributed by atoms with E-state index in [2.05, 4.69) is 6.92 Å². The summed E-state index contributed by atoms with van der Waals surface area (Å²) in [6, 6.07) is 25.6. The molecular weight excluding hydrogens is 556 g/mol. The van der Waals surface area contributed by atoms with E-state index >= 15 is 0 Å². The van der Waals surface area contributed by atoms with Crippen LogP contribution in [-0.4, -0.2) is 23.1 Å². The Morgan fingerprint density at radius 3 is 1.02 bits per heavy atom. The van der Waals surface area contributed by atoms with Gasteiger partial charge in [0, 0.05) is 23.1 Å². The topological polar surface area (TPSA) is 68.3 Å². The molecule has 0 aliphatic carbocycles. The first-order valence-electron chi connectivity index (χ1n) is 17.3. The average molecular weight is 609 g/mol. The molecule has 0 saturated heterocycles. The molecule has 0 amide bonds. The fourth-order valence-corrected chi connectivity index (χ4v) is 6.08. The minimum Gasteiger partial charge on any atom is -0.299 e. The van der Waals surface area contributed by atoms with Crippen LogP contribution in [0.15, 0.2) is 91.0 Å². The van der Waals surface area contributed by atoms with E-state index in [1.54, 1.807) is 91.0 Å². The number of benzene rings is 3. The van der Waals surface area contributed by atoms with Crippen LogP contribution in [-0.2, 0) is 4.79 Å². The molecule has 0 saturated carbocycles. The van der Waals surface area contributed by atoms with Crippen LogP contribution in [0.1, 0.15) is 141 Å². The Morgan fingerprint density at radius 1 is 0.400 bits per heavy atom. The molecule has 4 heteroatoms. The lowest BCUT2D eigenvalue weighted by Gasteiger charge is -2.24. The lowest BCUT2D eigenvalue weighted by Crippen LogP contribution is -2.41. The molecule has 1 unspecified atom stereocenters. The summed E-state index contributed by atoms with van der Waals surface area (Å²) >= 11 is 0. The van der Waals surface area contributed by atoms with Crippen LogP contribution in [0.5, 0.6) is 0 Å². The number of carbonyl (C=O) groups excluding carboxylic acids is 4. The highest BCUT2D eigenvalue weighted by atomic mass is 16.2. The van der Waals surface area contributed by atoms with Crippen LogP contribution in [0, 0.1) is 11.8 Å². The maximum absolute atomic E-state index is 13.9. The molecule has 0 heterocycles. The first kappa shape index (κ1) is 35.8. The first-order valence-corrected chi connectivity index (χ1v) is 17.3. The van der Waals surface area contributed by atoms with Gasteiger partial charge >= 0.3 is 0 Å². The normalized spacial score (nSPS) is 11.8.